The van der Waals surface area contributed by atoms with Crippen molar-refractivity contribution < 1.29 is 28.7 Å². The maximum atomic E-state index is 12.6. The predicted octanol–water partition coefficient (Wildman–Crippen LogP) is 3.91. The minimum absolute atomic E-state index is 0.0113. The van der Waals surface area contributed by atoms with E-state index in [4.69, 9.17) is 14.2 Å². The highest BCUT2D eigenvalue weighted by Crippen LogP contribution is 2.30. The maximum Gasteiger partial charge on any atom is 0.347 e. The number of nitrogens with zero attached hydrogens (tertiary/aromatic N) is 2. The summed E-state index contributed by atoms with van der Waals surface area (Å²) < 4.78 is 16.3. The molecule has 180 valence electrons. The number of para-hydroxylation sites is 1. The normalized spacial score (nSPS) is 10.6. The van der Waals surface area contributed by atoms with E-state index < -0.39 is 10.9 Å². The molecule has 10 nitrogen and oxygen atoms in total. The molecule has 0 atom stereocenters. The van der Waals surface area contributed by atoms with Crippen molar-refractivity contribution in [3.63, 3.8) is 0 Å². The molecule has 0 saturated heterocycles. The number of nitrogens with one attached hydrogen (secondary N) is 1. The Kier molecular flexibility index (Phi) is 8.49. The molecular weight excluding hydrogens is 454 g/mol. The minimum atomic E-state index is -0.594. The first-order chi connectivity index (χ1) is 16.9. The molecule has 3 aromatic carbocycles. The fourth-order valence-corrected chi connectivity index (χ4v) is 3.06. The largest absolute Gasteiger partial charge is 0.496 e. The number of carbonyl (C=O) groups is 2. The van der Waals surface area contributed by atoms with Gasteiger partial charge in [0.2, 0.25) is 5.91 Å². The van der Waals surface area contributed by atoms with Crippen LogP contribution in [0.25, 0.3) is 0 Å². The third-order valence-electron chi connectivity index (χ3n) is 4.71. The van der Waals surface area contributed by atoms with E-state index in [1.165, 1.54) is 37.6 Å². The van der Waals surface area contributed by atoms with Gasteiger partial charge in [-0.05, 0) is 48.4 Å². The number of carbonyl (C=O) groups excluding carboxylic acids is 2. The van der Waals surface area contributed by atoms with Gasteiger partial charge in [0.05, 0.1) is 31.3 Å². The van der Waals surface area contributed by atoms with Gasteiger partial charge in [-0.2, -0.15) is 5.10 Å². The first-order valence-corrected chi connectivity index (χ1v) is 10.6. The van der Waals surface area contributed by atoms with E-state index in [1.807, 2.05) is 0 Å². The molecule has 35 heavy (non-hydrogen) atoms. The zero-order chi connectivity index (χ0) is 25.2. The van der Waals surface area contributed by atoms with Crippen molar-refractivity contribution in [2.45, 2.75) is 13.3 Å². The Morgan fingerprint density at radius 3 is 2.46 bits per heavy atom. The van der Waals surface area contributed by atoms with Crippen molar-refractivity contribution in [1.29, 1.82) is 0 Å². The lowest BCUT2D eigenvalue weighted by molar-refractivity contribution is -0.384. The molecule has 3 rings (SSSR count). The Morgan fingerprint density at radius 1 is 1.03 bits per heavy atom. The van der Waals surface area contributed by atoms with Gasteiger partial charge in [-0.1, -0.05) is 24.3 Å². The first-order valence-electron chi connectivity index (χ1n) is 10.6. The Morgan fingerprint density at radius 2 is 1.77 bits per heavy atom. The van der Waals surface area contributed by atoms with Gasteiger partial charge < -0.3 is 14.2 Å². The molecule has 0 aliphatic heterocycles. The molecule has 0 aliphatic carbocycles. The highest BCUT2D eigenvalue weighted by molar-refractivity contribution is 5.94. The van der Waals surface area contributed by atoms with E-state index in [-0.39, 0.29) is 29.3 Å². The zero-order valence-corrected chi connectivity index (χ0v) is 19.1. The molecule has 0 heterocycles. The van der Waals surface area contributed by atoms with Crippen molar-refractivity contribution in [1.82, 2.24) is 5.43 Å². The smallest absolute Gasteiger partial charge is 0.347 e. The molecule has 0 spiro atoms. The quantitative estimate of drug-likeness (QED) is 0.154. The summed E-state index contributed by atoms with van der Waals surface area (Å²) in [7, 11) is 1.47. The number of amides is 1. The molecule has 0 unspecified atom stereocenters. The van der Waals surface area contributed by atoms with Gasteiger partial charge in [0, 0.05) is 12.1 Å². The van der Waals surface area contributed by atoms with Gasteiger partial charge in [-0.15, -0.1) is 0 Å². The van der Waals surface area contributed by atoms with Crippen LogP contribution < -0.4 is 19.6 Å². The number of ether oxygens (including phenoxy) is 3. The number of methoxy groups -OCH3 is 1. The molecule has 10 heteroatoms. The summed E-state index contributed by atoms with van der Waals surface area (Å²) in [5.41, 5.74) is 3.85. The van der Waals surface area contributed by atoms with Crippen molar-refractivity contribution >= 4 is 23.8 Å². The molecule has 0 aromatic heterocycles. The molecule has 0 saturated carbocycles. The van der Waals surface area contributed by atoms with E-state index in [0.717, 1.165) is 0 Å². The summed E-state index contributed by atoms with van der Waals surface area (Å²) in [5, 5.41) is 14.6. The number of rotatable bonds is 10. The fourth-order valence-electron chi connectivity index (χ4n) is 3.06. The van der Waals surface area contributed by atoms with Gasteiger partial charge in [-0.3, -0.25) is 14.9 Å². The first kappa shape index (κ1) is 24.9. The molecule has 0 fully saturated rings. The summed E-state index contributed by atoms with van der Waals surface area (Å²) in [4.78, 5) is 34.9. The van der Waals surface area contributed by atoms with Gasteiger partial charge >= 0.3 is 5.97 Å². The molecule has 1 amide bonds. The lowest BCUT2D eigenvalue weighted by Crippen LogP contribution is -2.19. The Balaban J connectivity index is 1.64. The molecule has 3 aromatic rings. The zero-order valence-electron chi connectivity index (χ0n) is 19.1. The fraction of sp³-hybridized carbons (Fsp3) is 0.160. The van der Waals surface area contributed by atoms with Crippen LogP contribution in [0.2, 0.25) is 0 Å². The Hall–Kier alpha value is -4.73. The van der Waals surface area contributed by atoms with Crippen molar-refractivity contribution in [3.05, 3.63) is 93.5 Å². The predicted molar refractivity (Wildman–Crippen MR) is 128 cm³/mol. The number of esters is 1. The number of hydrazone groups is 1. The highest BCUT2D eigenvalue weighted by atomic mass is 16.6. The van der Waals surface area contributed by atoms with E-state index >= 15 is 0 Å². The molecule has 0 aliphatic rings. The van der Waals surface area contributed by atoms with Gasteiger partial charge in [-0.25, -0.2) is 10.2 Å². The maximum absolute atomic E-state index is 12.6. The topological polar surface area (TPSA) is 129 Å². The van der Waals surface area contributed by atoms with E-state index in [0.29, 0.717) is 29.2 Å². The van der Waals surface area contributed by atoms with Crippen LogP contribution in [0.15, 0.2) is 71.8 Å². The molecule has 0 radical (unpaired) electrons. The van der Waals surface area contributed by atoms with Crippen LogP contribution in [0.5, 0.6) is 17.2 Å². The van der Waals surface area contributed by atoms with E-state index in [9.17, 15) is 19.7 Å². The van der Waals surface area contributed by atoms with Gasteiger partial charge in [0.15, 0.2) is 11.5 Å². The third-order valence-corrected chi connectivity index (χ3v) is 4.71. The number of nitro groups is 1. The lowest BCUT2D eigenvalue weighted by atomic mass is 10.1. The summed E-state index contributed by atoms with van der Waals surface area (Å²) >= 11 is 0. The average molecular weight is 477 g/mol. The second-order valence-corrected chi connectivity index (χ2v) is 7.12. The number of hydrogen-bond acceptors (Lipinski definition) is 8. The molecular formula is C25H23N3O7. The monoisotopic (exact) mass is 477 g/mol. The summed E-state index contributed by atoms with van der Waals surface area (Å²) in [6, 6.07) is 17.3. The number of non-ortho nitro benzene ring substituents is 1. The number of nitro benzene ring substituents is 1. The van der Waals surface area contributed by atoms with Crippen LogP contribution in [0.1, 0.15) is 28.4 Å². The summed E-state index contributed by atoms with van der Waals surface area (Å²) in [5.74, 6) is -0.0338. The second-order valence-electron chi connectivity index (χ2n) is 7.12. The van der Waals surface area contributed by atoms with Crippen molar-refractivity contribution in [3.8, 4) is 17.2 Å². The van der Waals surface area contributed by atoms with Crippen LogP contribution in [0.3, 0.4) is 0 Å². The van der Waals surface area contributed by atoms with E-state index in [2.05, 4.69) is 10.5 Å². The third kappa shape index (κ3) is 6.87. The second kappa shape index (κ2) is 11.9. The average Bonchev–Trinajstić information content (AvgIpc) is 2.86. The summed E-state index contributed by atoms with van der Waals surface area (Å²) in [6.07, 6.45) is 1.43. The van der Waals surface area contributed by atoms with Crippen LogP contribution >= 0.6 is 0 Å². The van der Waals surface area contributed by atoms with Crippen LogP contribution in [-0.4, -0.2) is 36.7 Å². The molecule has 0 bridgehead atoms. The van der Waals surface area contributed by atoms with Gasteiger partial charge in [0.25, 0.3) is 5.69 Å². The highest BCUT2D eigenvalue weighted by Gasteiger charge is 2.17. The van der Waals surface area contributed by atoms with Crippen LogP contribution in [0, 0.1) is 10.1 Å². The Bertz CT molecular complexity index is 1240. The summed E-state index contributed by atoms with van der Waals surface area (Å²) in [6.45, 7) is 2.14. The van der Waals surface area contributed by atoms with Crippen molar-refractivity contribution in [2.24, 2.45) is 5.10 Å². The van der Waals surface area contributed by atoms with Crippen molar-refractivity contribution in [2.75, 3.05) is 13.7 Å². The van der Waals surface area contributed by atoms with Crippen LogP contribution in [-0.2, 0) is 11.2 Å². The molecule has 1 N–H and O–H groups in total. The van der Waals surface area contributed by atoms with E-state index in [1.54, 1.807) is 49.4 Å². The lowest BCUT2D eigenvalue weighted by Gasteiger charge is -2.12. The number of benzene rings is 3. The SMILES string of the molecule is CCOc1cc(C=NNC(=O)Cc2ccc([N+](=O)[O-])cc2)ccc1OC(=O)c1ccccc1OC. The Labute approximate surface area is 201 Å². The standard InChI is InChI=1S/C25H23N3O7/c1-3-34-23-14-18(10-13-22(23)35-25(30)20-6-4-5-7-21(20)33-2)16-26-27-24(29)15-17-8-11-19(12-9-17)28(31)32/h4-14,16H,3,15H2,1-2H3,(H,27,29). The number of hydrogen-bond donors (Lipinski definition) is 1. The minimum Gasteiger partial charge on any atom is -0.496 e. The van der Waals surface area contributed by atoms with Gasteiger partial charge in [0.1, 0.15) is 11.3 Å². The van der Waals surface area contributed by atoms with Crippen LogP contribution in [0.4, 0.5) is 5.69 Å².